The maximum Gasteiger partial charge on any atom is 0.335 e. The van der Waals surface area contributed by atoms with Gasteiger partial charge in [0.1, 0.15) is 0 Å². The number of carbonyl (C=O) groups is 1. The summed E-state index contributed by atoms with van der Waals surface area (Å²) in [4.78, 5) is 14.8. The first-order valence-electron chi connectivity index (χ1n) is 4.93. The molecular formula is C13H11NO2. The third kappa shape index (κ3) is 1.93. The Labute approximate surface area is 93.4 Å². The molecule has 1 N–H and O–H groups in total. The van der Waals surface area contributed by atoms with E-state index in [2.05, 4.69) is 4.98 Å². The number of nitrogens with zero attached hydrogens (tertiary/aromatic N) is 1. The van der Waals surface area contributed by atoms with Crippen LogP contribution in [-0.4, -0.2) is 16.1 Å². The van der Waals surface area contributed by atoms with E-state index in [9.17, 15) is 4.79 Å². The van der Waals surface area contributed by atoms with Gasteiger partial charge in [-0.05, 0) is 41.8 Å². The number of aromatic nitrogens is 1. The van der Waals surface area contributed by atoms with E-state index in [-0.39, 0.29) is 0 Å². The number of carboxylic acids is 1. The van der Waals surface area contributed by atoms with Crippen LogP contribution in [0.3, 0.4) is 0 Å². The van der Waals surface area contributed by atoms with Crippen molar-refractivity contribution in [3.63, 3.8) is 0 Å². The maximum absolute atomic E-state index is 10.9. The number of carboxylic acid groups (broad SMARTS) is 1. The fourth-order valence-corrected chi connectivity index (χ4v) is 1.63. The van der Waals surface area contributed by atoms with Gasteiger partial charge in [-0.1, -0.05) is 12.1 Å². The first kappa shape index (κ1) is 10.4. The average Bonchev–Trinajstić information content (AvgIpc) is 2.29. The van der Waals surface area contributed by atoms with E-state index in [1.165, 1.54) is 0 Å². The Kier molecular flexibility index (Phi) is 2.68. The van der Waals surface area contributed by atoms with Gasteiger partial charge in [-0.15, -0.1) is 0 Å². The molecule has 1 aromatic heterocycles. The molecule has 0 aliphatic rings. The van der Waals surface area contributed by atoms with Crippen LogP contribution in [0.2, 0.25) is 0 Å². The van der Waals surface area contributed by atoms with E-state index >= 15 is 0 Å². The van der Waals surface area contributed by atoms with Crippen LogP contribution in [-0.2, 0) is 0 Å². The minimum absolute atomic E-state index is 0.345. The molecule has 16 heavy (non-hydrogen) atoms. The Morgan fingerprint density at radius 1 is 1.12 bits per heavy atom. The van der Waals surface area contributed by atoms with Crippen molar-refractivity contribution in [2.24, 2.45) is 0 Å². The lowest BCUT2D eigenvalue weighted by Crippen LogP contribution is -1.99. The van der Waals surface area contributed by atoms with Gasteiger partial charge in [0.05, 0.1) is 5.56 Å². The van der Waals surface area contributed by atoms with Crippen molar-refractivity contribution in [2.75, 3.05) is 0 Å². The molecule has 0 spiro atoms. The largest absolute Gasteiger partial charge is 0.478 e. The maximum atomic E-state index is 10.9. The lowest BCUT2D eigenvalue weighted by atomic mass is 10.0. The number of pyridine rings is 1. The van der Waals surface area contributed by atoms with Crippen molar-refractivity contribution >= 4 is 5.97 Å². The summed E-state index contributed by atoms with van der Waals surface area (Å²) >= 11 is 0. The van der Waals surface area contributed by atoms with E-state index < -0.39 is 5.97 Å². The quantitative estimate of drug-likeness (QED) is 0.834. The van der Waals surface area contributed by atoms with E-state index in [1.54, 1.807) is 25.4 Å². The molecule has 0 aliphatic carbocycles. The molecule has 0 bridgehead atoms. The number of hydrogen-bond donors (Lipinski definition) is 1. The summed E-state index contributed by atoms with van der Waals surface area (Å²) in [5, 5.41) is 8.92. The fraction of sp³-hybridized carbons (Fsp3) is 0.0769. The normalized spacial score (nSPS) is 10.1. The SMILES string of the molecule is Cc1cc(-c2ccncc2)ccc1C(=O)O. The monoisotopic (exact) mass is 213 g/mol. The second kappa shape index (κ2) is 4.14. The number of hydrogen-bond acceptors (Lipinski definition) is 2. The molecule has 0 saturated heterocycles. The number of aromatic carboxylic acids is 1. The number of aryl methyl sites for hydroxylation is 1. The van der Waals surface area contributed by atoms with Crippen LogP contribution in [0.25, 0.3) is 11.1 Å². The summed E-state index contributed by atoms with van der Waals surface area (Å²) in [5.41, 5.74) is 3.15. The third-order valence-corrected chi connectivity index (χ3v) is 2.47. The summed E-state index contributed by atoms with van der Waals surface area (Å²) in [6.07, 6.45) is 3.44. The Bertz CT molecular complexity index is 521. The molecule has 3 heteroatoms. The molecule has 0 saturated carbocycles. The smallest absolute Gasteiger partial charge is 0.335 e. The fourth-order valence-electron chi connectivity index (χ4n) is 1.63. The zero-order valence-corrected chi connectivity index (χ0v) is 8.84. The Balaban J connectivity index is 2.46. The molecule has 0 radical (unpaired) electrons. The summed E-state index contributed by atoms with van der Waals surface area (Å²) in [6.45, 7) is 1.80. The molecule has 0 atom stereocenters. The van der Waals surface area contributed by atoms with Gasteiger partial charge in [-0.2, -0.15) is 0 Å². The number of rotatable bonds is 2. The second-order valence-corrected chi connectivity index (χ2v) is 3.57. The van der Waals surface area contributed by atoms with Crippen LogP contribution >= 0.6 is 0 Å². The van der Waals surface area contributed by atoms with Gasteiger partial charge in [0, 0.05) is 12.4 Å². The van der Waals surface area contributed by atoms with Crippen LogP contribution in [0.15, 0.2) is 42.7 Å². The molecule has 3 nitrogen and oxygen atoms in total. The minimum atomic E-state index is -0.890. The van der Waals surface area contributed by atoms with Crippen LogP contribution in [0, 0.1) is 6.92 Å². The highest BCUT2D eigenvalue weighted by atomic mass is 16.4. The van der Waals surface area contributed by atoms with Crippen LogP contribution < -0.4 is 0 Å². The molecule has 1 aromatic carbocycles. The highest BCUT2D eigenvalue weighted by molar-refractivity contribution is 5.90. The predicted molar refractivity (Wildman–Crippen MR) is 61.4 cm³/mol. The lowest BCUT2D eigenvalue weighted by Gasteiger charge is -2.05. The van der Waals surface area contributed by atoms with Gasteiger partial charge in [-0.3, -0.25) is 4.98 Å². The molecule has 2 rings (SSSR count). The van der Waals surface area contributed by atoms with Crippen LogP contribution in [0.5, 0.6) is 0 Å². The first-order valence-corrected chi connectivity index (χ1v) is 4.93. The molecule has 0 unspecified atom stereocenters. The molecule has 1 heterocycles. The van der Waals surface area contributed by atoms with E-state index in [4.69, 9.17) is 5.11 Å². The molecule has 2 aromatic rings. The van der Waals surface area contributed by atoms with E-state index in [0.717, 1.165) is 16.7 Å². The lowest BCUT2D eigenvalue weighted by molar-refractivity contribution is 0.0696. The van der Waals surface area contributed by atoms with Gasteiger partial charge >= 0.3 is 5.97 Å². The molecule has 0 amide bonds. The Morgan fingerprint density at radius 3 is 2.38 bits per heavy atom. The van der Waals surface area contributed by atoms with Crippen molar-refractivity contribution in [3.05, 3.63) is 53.9 Å². The zero-order valence-electron chi connectivity index (χ0n) is 8.84. The molecule has 0 fully saturated rings. The Morgan fingerprint density at radius 2 is 1.81 bits per heavy atom. The van der Waals surface area contributed by atoms with Gasteiger partial charge < -0.3 is 5.11 Å². The topological polar surface area (TPSA) is 50.2 Å². The van der Waals surface area contributed by atoms with Crippen molar-refractivity contribution in [1.29, 1.82) is 0 Å². The van der Waals surface area contributed by atoms with Gasteiger partial charge in [0.15, 0.2) is 0 Å². The van der Waals surface area contributed by atoms with Crippen LogP contribution in [0.1, 0.15) is 15.9 Å². The zero-order chi connectivity index (χ0) is 11.5. The van der Waals surface area contributed by atoms with E-state index in [0.29, 0.717) is 5.56 Å². The highest BCUT2D eigenvalue weighted by Gasteiger charge is 2.07. The van der Waals surface area contributed by atoms with Crippen LogP contribution in [0.4, 0.5) is 0 Å². The molecule has 80 valence electrons. The second-order valence-electron chi connectivity index (χ2n) is 3.57. The summed E-state index contributed by atoms with van der Waals surface area (Å²) < 4.78 is 0. The first-order chi connectivity index (χ1) is 7.68. The minimum Gasteiger partial charge on any atom is -0.478 e. The van der Waals surface area contributed by atoms with Gasteiger partial charge in [-0.25, -0.2) is 4.79 Å². The third-order valence-electron chi connectivity index (χ3n) is 2.47. The number of benzene rings is 1. The van der Waals surface area contributed by atoms with Gasteiger partial charge in [0.2, 0.25) is 0 Å². The standard InChI is InChI=1S/C13H11NO2/c1-9-8-11(2-3-12(9)13(15)16)10-4-6-14-7-5-10/h2-8H,1H3,(H,15,16). The van der Waals surface area contributed by atoms with Gasteiger partial charge in [0.25, 0.3) is 0 Å². The molecule has 0 aliphatic heterocycles. The summed E-state index contributed by atoms with van der Waals surface area (Å²) in [6, 6.07) is 9.11. The van der Waals surface area contributed by atoms with Crippen molar-refractivity contribution < 1.29 is 9.90 Å². The molecular weight excluding hydrogens is 202 g/mol. The Hall–Kier alpha value is -2.16. The van der Waals surface area contributed by atoms with Crippen molar-refractivity contribution in [3.8, 4) is 11.1 Å². The summed E-state index contributed by atoms with van der Waals surface area (Å²) in [5.74, 6) is -0.890. The predicted octanol–water partition coefficient (Wildman–Crippen LogP) is 2.76. The average molecular weight is 213 g/mol. The summed E-state index contributed by atoms with van der Waals surface area (Å²) in [7, 11) is 0. The van der Waals surface area contributed by atoms with Crippen molar-refractivity contribution in [2.45, 2.75) is 6.92 Å². The van der Waals surface area contributed by atoms with E-state index in [1.807, 2.05) is 24.3 Å². The highest BCUT2D eigenvalue weighted by Crippen LogP contribution is 2.21. The van der Waals surface area contributed by atoms with Crippen molar-refractivity contribution in [1.82, 2.24) is 4.98 Å².